The molecule has 1 aromatic heterocycles. The minimum Gasteiger partial charge on any atom is -0.341 e. The van der Waals surface area contributed by atoms with Crippen molar-refractivity contribution in [1.29, 1.82) is 0 Å². The highest BCUT2D eigenvalue weighted by atomic mass is 35.5. The fourth-order valence-electron chi connectivity index (χ4n) is 5.49. The van der Waals surface area contributed by atoms with Crippen LogP contribution in [0, 0.1) is 17.2 Å². The summed E-state index contributed by atoms with van der Waals surface area (Å²) in [6.45, 7) is 3.19. The molecular weight excluding hydrogens is 407 g/mol. The highest BCUT2D eigenvalue weighted by molar-refractivity contribution is 5.85. The number of carbonyl (C=O) groups excluding carboxylic acids is 1. The Kier molecular flexibility index (Phi) is 6.11. The molecular formula is C22H28ClFN4O2. The second-order valence-corrected chi connectivity index (χ2v) is 8.79. The van der Waals surface area contributed by atoms with E-state index in [2.05, 4.69) is 15.5 Å². The van der Waals surface area contributed by atoms with E-state index in [0.717, 1.165) is 51.7 Å². The van der Waals surface area contributed by atoms with Crippen molar-refractivity contribution in [3.05, 3.63) is 36.0 Å². The van der Waals surface area contributed by atoms with Gasteiger partial charge in [-0.1, -0.05) is 30.1 Å². The molecule has 2 saturated heterocycles. The monoisotopic (exact) mass is 434 g/mol. The van der Waals surface area contributed by atoms with E-state index in [1.54, 1.807) is 12.1 Å². The van der Waals surface area contributed by atoms with Crippen molar-refractivity contribution >= 4 is 18.3 Å². The van der Waals surface area contributed by atoms with Crippen LogP contribution in [0.2, 0.25) is 0 Å². The number of carbonyl (C=O) groups is 1. The number of amides is 1. The summed E-state index contributed by atoms with van der Waals surface area (Å²) in [5, 5.41) is 7.52. The predicted molar refractivity (Wildman–Crippen MR) is 113 cm³/mol. The number of piperidine rings is 1. The van der Waals surface area contributed by atoms with E-state index in [0.29, 0.717) is 35.6 Å². The van der Waals surface area contributed by atoms with E-state index in [9.17, 15) is 9.18 Å². The van der Waals surface area contributed by atoms with Crippen molar-refractivity contribution in [2.75, 3.05) is 26.2 Å². The smallest absolute Gasteiger partial charge is 0.231 e. The first kappa shape index (κ1) is 21.2. The van der Waals surface area contributed by atoms with E-state index >= 15 is 0 Å². The Bertz CT molecular complexity index is 907. The maximum absolute atomic E-state index is 13.6. The van der Waals surface area contributed by atoms with E-state index in [1.165, 1.54) is 18.6 Å². The van der Waals surface area contributed by atoms with E-state index in [-0.39, 0.29) is 29.6 Å². The molecule has 1 saturated carbocycles. The number of likely N-dealkylation sites (tertiary alicyclic amines) is 1. The molecule has 1 N–H and O–H groups in total. The summed E-state index contributed by atoms with van der Waals surface area (Å²) >= 11 is 0. The SMILES string of the molecule is Cl.O=C(N1CCCC(c2nc(-c3cccc(F)c3)no2)C1)[C@@]12CCCC[C@H]1CNC2. The Balaban J connectivity index is 0.00000218. The highest BCUT2D eigenvalue weighted by Gasteiger charge is 2.51. The van der Waals surface area contributed by atoms with Gasteiger partial charge >= 0.3 is 0 Å². The van der Waals surface area contributed by atoms with Crippen LogP contribution in [0.4, 0.5) is 4.39 Å². The number of nitrogens with zero attached hydrogens (tertiary/aromatic N) is 3. The van der Waals surface area contributed by atoms with Gasteiger partial charge in [0.2, 0.25) is 17.6 Å². The fraction of sp³-hybridized carbons (Fsp3) is 0.591. The van der Waals surface area contributed by atoms with Crippen LogP contribution in [0.1, 0.15) is 50.3 Å². The van der Waals surface area contributed by atoms with Gasteiger partial charge in [0.25, 0.3) is 0 Å². The molecule has 3 heterocycles. The van der Waals surface area contributed by atoms with Crippen LogP contribution < -0.4 is 5.32 Å². The third-order valence-electron chi connectivity index (χ3n) is 7.05. The van der Waals surface area contributed by atoms with Gasteiger partial charge in [-0.25, -0.2) is 4.39 Å². The van der Waals surface area contributed by atoms with Gasteiger partial charge in [0.1, 0.15) is 5.82 Å². The lowest BCUT2D eigenvalue weighted by Gasteiger charge is -2.42. The normalized spacial score (nSPS) is 28.6. The van der Waals surface area contributed by atoms with Crippen LogP contribution in [0.5, 0.6) is 0 Å². The minimum atomic E-state index is -0.324. The molecule has 0 bridgehead atoms. The van der Waals surface area contributed by atoms with Crippen LogP contribution >= 0.6 is 12.4 Å². The molecule has 6 nitrogen and oxygen atoms in total. The first-order valence-electron chi connectivity index (χ1n) is 10.8. The summed E-state index contributed by atoms with van der Waals surface area (Å²) in [7, 11) is 0. The van der Waals surface area contributed by atoms with Gasteiger partial charge in [-0.15, -0.1) is 12.4 Å². The van der Waals surface area contributed by atoms with Gasteiger partial charge in [-0.05, 0) is 50.3 Å². The fourth-order valence-corrected chi connectivity index (χ4v) is 5.49. The Labute approximate surface area is 182 Å². The molecule has 30 heavy (non-hydrogen) atoms. The molecule has 1 aromatic carbocycles. The van der Waals surface area contributed by atoms with Crippen LogP contribution in [-0.2, 0) is 4.79 Å². The zero-order chi connectivity index (χ0) is 19.8. The largest absolute Gasteiger partial charge is 0.341 e. The van der Waals surface area contributed by atoms with Gasteiger partial charge in [0.15, 0.2) is 0 Å². The number of halogens is 2. The van der Waals surface area contributed by atoms with E-state index in [1.807, 2.05) is 4.90 Å². The number of fused-ring (bicyclic) bond motifs is 1. The van der Waals surface area contributed by atoms with Crippen molar-refractivity contribution in [3.63, 3.8) is 0 Å². The number of hydrogen-bond acceptors (Lipinski definition) is 5. The third-order valence-corrected chi connectivity index (χ3v) is 7.05. The number of hydrogen-bond donors (Lipinski definition) is 1. The predicted octanol–water partition coefficient (Wildman–Crippen LogP) is 3.78. The summed E-state index contributed by atoms with van der Waals surface area (Å²) in [5.41, 5.74) is 0.381. The average Bonchev–Trinajstić information content (AvgIpc) is 3.41. The van der Waals surface area contributed by atoms with Gasteiger partial charge < -0.3 is 14.7 Å². The topological polar surface area (TPSA) is 71.3 Å². The van der Waals surface area contributed by atoms with Crippen LogP contribution in [-0.4, -0.2) is 47.1 Å². The van der Waals surface area contributed by atoms with Crippen molar-refractivity contribution < 1.29 is 13.7 Å². The summed E-state index contributed by atoms with van der Waals surface area (Å²) in [6.07, 6.45) is 6.37. The summed E-state index contributed by atoms with van der Waals surface area (Å²) in [5.74, 6) is 1.43. The average molecular weight is 435 g/mol. The first-order valence-corrected chi connectivity index (χ1v) is 10.8. The third kappa shape index (κ3) is 3.73. The summed E-state index contributed by atoms with van der Waals surface area (Å²) in [6, 6.07) is 6.20. The van der Waals surface area contributed by atoms with Crippen molar-refractivity contribution in [1.82, 2.24) is 20.4 Å². The first-order chi connectivity index (χ1) is 14.2. The molecule has 1 unspecified atom stereocenters. The molecule has 162 valence electrons. The Morgan fingerprint density at radius 1 is 1.27 bits per heavy atom. The van der Waals surface area contributed by atoms with Crippen LogP contribution in [0.15, 0.2) is 28.8 Å². The van der Waals surface area contributed by atoms with E-state index < -0.39 is 0 Å². The Morgan fingerprint density at radius 3 is 3.03 bits per heavy atom. The molecule has 1 aliphatic carbocycles. The van der Waals surface area contributed by atoms with Gasteiger partial charge in [0, 0.05) is 25.2 Å². The van der Waals surface area contributed by atoms with Crippen LogP contribution in [0.3, 0.4) is 0 Å². The Morgan fingerprint density at radius 2 is 2.17 bits per heavy atom. The number of benzene rings is 1. The number of nitrogens with one attached hydrogen (secondary N) is 1. The Hall–Kier alpha value is -1.99. The maximum Gasteiger partial charge on any atom is 0.231 e. The van der Waals surface area contributed by atoms with Gasteiger partial charge in [0.05, 0.1) is 11.3 Å². The molecule has 0 radical (unpaired) electrons. The molecule has 2 aromatic rings. The maximum atomic E-state index is 13.6. The summed E-state index contributed by atoms with van der Waals surface area (Å²) in [4.78, 5) is 20.1. The molecule has 0 spiro atoms. The zero-order valence-electron chi connectivity index (χ0n) is 17.0. The lowest BCUT2D eigenvalue weighted by atomic mass is 9.67. The molecule has 3 atom stereocenters. The van der Waals surface area contributed by atoms with Gasteiger partial charge in [-0.3, -0.25) is 4.79 Å². The van der Waals surface area contributed by atoms with Crippen LogP contribution in [0.25, 0.3) is 11.4 Å². The molecule has 2 aliphatic heterocycles. The standard InChI is InChI=1S/C22H27FN4O2.ClH/c23-18-8-3-5-15(11-18)19-25-20(29-26-19)16-6-4-10-27(13-16)21(28)22-9-2-1-7-17(22)12-24-14-22;/h3,5,8,11,16-17,24H,1-2,4,6-7,9-10,12-14H2;1H/t16?,17-,22+;/m0./s1. The zero-order valence-corrected chi connectivity index (χ0v) is 17.8. The minimum absolute atomic E-state index is 0. The number of aromatic nitrogens is 2. The molecule has 3 aliphatic rings. The lowest BCUT2D eigenvalue weighted by molar-refractivity contribution is -0.146. The molecule has 5 rings (SSSR count). The molecule has 1 amide bonds. The van der Waals surface area contributed by atoms with Gasteiger partial charge in [-0.2, -0.15) is 4.98 Å². The van der Waals surface area contributed by atoms with Crippen molar-refractivity contribution in [2.45, 2.75) is 44.4 Å². The quantitative estimate of drug-likeness (QED) is 0.795. The van der Waals surface area contributed by atoms with Crippen molar-refractivity contribution in [3.8, 4) is 11.4 Å². The lowest BCUT2D eigenvalue weighted by Crippen LogP contribution is -2.52. The second kappa shape index (κ2) is 8.63. The second-order valence-electron chi connectivity index (χ2n) is 8.79. The molecule has 3 fully saturated rings. The molecule has 8 heteroatoms. The summed E-state index contributed by atoms with van der Waals surface area (Å²) < 4.78 is 19.0. The highest BCUT2D eigenvalue weighted by Crippen LogP contribution is 2.45. The van der Waals surface area contributed by atoms with E-state index in [4.69, 9.17) is 4.52 Å². The number of rotatable bonds is 3. The van der Waals surface area contributed by atoms with Crippen molar-refractivity contribution in [2.24, 2.45) is 11.3 Å².